The molecule has 0 aliphatic rings. The van der Waals surface area contributed by atoms with E-state index in [0.29, 0.717) is 18.6 Å². The Bertz CT molecular complexity index is 351. The standard InChI is InChI=1S/C14H21FO3/c1-18-8-3-2-7-14(10-16,11-17)12-5-4-6-13(15)9-12/h4-6,9,16-17H,2-3,7-8,10-11H2,1H3. The molecule has 0 saturated carbocycles. The second-order valence-electron chi connectivity index (χ2n) is 4.56. The van der Waals surface area contributed by atoms with Crippen LogP contribution in [0.5, 0.6) is 0 Å². The lowest BCUT2D eigenvalue weighted by atomic mass is 9.77. The van der Waals surface area contributed by atoms with Crippen molar-refractivity contribution in [3.8, 4) is 0 Å². The van der Waals surface area contributed by atoms with Crippen molar-refractivity contribution in [1.29, 1.82) is 0 Å². The highest BCUT2D eigenvalue weighted by atomic mass is 19.1. The summed E-state index contributed by atoms with van der Waals surface area (Å²) in [5, 5.41) is 19.1. The zero-order valence-corrected chi connectivity index (χ0v) is 10.7. The van der Waals surface area contributed by atoms with Gasteiger partial charge in [0.1, 0.15) is 5.82 Å². The van der Waals surface area contributed by atoms with Gasteiger partial charge >= 0.3 is 0 Å². The average Bonchev–Trinajstić information content (AvgIpc) is 2.40. The first-order valence-corrected chi connectivity index (χ1v) is 6.15. The Hall–Kier alpha value is -0.970. The van der Waals surface area contributed by atoms with E-state index in [2.05, 4.69) is 0 Å². The highest BCUT2D eigenvalue weighted by Gasteiger charge is 2.30. The second-order valence-corrected chi connectivity index (χ2v) is 4.56. The summed E-state index contributed by atoms with van der Waals surface area (Å²) in [5.74, 6) is -0.351. The number of rotatable bonds is 8. The molecule has 1 aromatic rings. The van der Waals surface area contributed by atoms with Gasteiger partial charge in [0, 0.05) is 19.1 Å². The molecule has 0 saturated heterocycles. The number of ether oxygens (including phenoxy) is 1. The van der Waals surface area contributed by atoms with Crippen molar-refractivity contribution in [2.24, 2.45) is 0 Å². The Morgan fingerprint density at radius 3 is 2.50 bits per heavy atom. The molecule has 1 rings (SSSR count). The third-order valence-electron chi connectivity index (χ3n) is 3.30. The smallest absolute Gasteiger partial charge is 0.123 e. The van der Waals surface area contributed by atoms with Gasteiger partial charge in [-0.2, -0.15) is 0 Å². The maximum Gasteiger partial charge on any atom is 0.123 e. The minimum absolute atomic E-state index is 0.195. The fraction of sp³-hybridized carbons (Fsp3) is 0.571. The molecule has 3 nitrogen and oxygen atoms in total. The number of benzene rings is 1. The minimum atomic E-state index is -0.768. The third-order valence-corrected chi connectivity index (χ3v) is 3.30. The van der Waals surface area contributed by atoms with Crippen LogP contribution in [-0.4, -0.2) is 37.1 Å². The minimum Gasteiger partial charge on any atom is -0.395 e. The molecular weight excluding hydrogens is 235 g/mol. The highest BCUT2D eigenvalue weighted by Crippen LogP contribution is 2.29. The predicted molar refractivity (Wildman–Crippen MR) is 68.0 cm³/mol. The fourth-order valence-electron chi connectivity index (χ4n) is 2.06. The molecule has 18 heavy (non-hydrogen) atoms. The lowest BCUT2D eigenvalue weighted by molar-refractivity contribution is 0.103. The van der Waals surface area contributed by atoms with E-state index in [4.69, 9.17) is 4.74 Å². The lowest BCUT2D eigenvalue weighted by Gasteiger charge is -2.30. The molecule has 102 valence electrons. The average molecular weight is 256 g/mol. The molecule has 4 heteroatoms. The molecule has 0 aliphatic carbocycles. The Morgan fingerprint density at radius 2 is 1.94 bits per heavy atom. The number of halogens is 1. The Balaban J connectivity index is 2.79. The molecule has 0 radical (unpaired) electrons. The number of methoxy groups -OCH3 is 1. The van der Waals surface area contributed by atoms with Gasteiger partial charge in [-0.1, -0.05) is 18.6 Å². The first kappa shape index (κ1) is 15.1. The summed E-state index contributed by atoms with van der Waals surface area (Å²) >= 11 is 0. The van der Waals surface area contributed by atoms with Crippen LogP contribution in [0.15, 0.2) is 24.3 Å². The van der Waals surface area contributed by atoms with E-state index in [1.54, 1.807) is 19.2 Å². The van der Waals surface area contributed by atoms with Gasteiger partial charge in [0.25, 0.3) is 0 Å². The van der Waals surface area contributed by atoms with Gasteiger partial charge in [0.2, 0.25) is 0 Å². The van der Waals surface area contributed by atoms with Crippen molar-refractivity contribution in [2.45, 2.75) is 24.7 Å². The Morgan fingerprint density at radius 1 is 1.22 bits per heavy atom. The normalized spacial score (nSPS) is 11.8. The number of aliphatic hydroxyl groups is 2. The van der Waals surface area contributed by atoms with Gasteiger partial charge in [0.15, 0.2) is 0 Å². The van der Waals surface area contributed by atoms with E-state index >= 15 is 0 Å². The van der Waals surface area contributed by atoms with Crippen molar-refractivity contribution < 1.29 is 19.3 Å². The number of hydrogen-bond donors (Lipinski definition) is 2. The number of aliphatic hydroxyl groups excluding tert-OH is 2. The van der Waals surface area contributed by atoms with Crippen LogP contribution in [0.3, 0.4) is 0 Å². The number of unbranched alkanes of at least 4 members (excludes halogenated alkanes) is 1. The summed E-state index contributed by atoms with van der Waals surface area (Å²) in [6.07, 6.45) is 2.27. The van der Waals surface area contributed by atoms with Crippen molar-refractivity contribution in [3.05, 3.63) is 35.6 Å². The summed E-state index contributed by atoms with van der Waals surface area (Å²) < 4.78 is 18.2. The molecule has 0 spiro atoms. The van der Waals surface area contributed by atoms with Gasteiger partial charge in [-0.15, -0.1) is 0 Å². The molecule has 0 bridgehead atoms. The van der Waals surface area contributed by atoms with Crippen molar-refractivity contribution in [3.63, 3.8) is 0 Å². The van der Waals surface area contributed by atoms with Crippen LogP contribution in [-0.2, 0) is 10.2 Å². The summed E-state index contributed by atoms with van der Waals surface area (Å²) in [6.45, 7) is 0.260. The summed E-state index contributed by atoms with van der Waals surface area (Å²) in [6, 6.07) is 6.07. The largest absolute Gasteiger partial charge is 0.395 e. The van der Waals surface area contributed by atoms with Crippen LogP contribution in [0.4, 0.5) is 4.39 Å². The van der Waals surface area contributed by atoms with E-state index in [1.165, 1.54) is 12.1 Å². The van der Waals surface area contributed by atoms with E-state index in [0.717, 1.165) is 12.8 Å². The van der Waals surface area contributed by atoms with E-state index < -0.39 is 5.41 Å². The van der Waals surface area contributed by atoms with E-state index in [1.807, 2.05) is 0 Å². The van der Waals surface area contributed by atoms with Gasteiger partial charge in [0.05, 0.1) is 13.2 Å². The van der Waals surface area contributed by atoms with Crippen LogP contribution >= 0.6 is 0 Å². The second kappa shape index (κ2) is 7.46. The number of hydrogen-bond acceptors (Lipinski definition) is 3. The highest BCUT2D eigenvalue weighted by molar-refractivity contribution is 5.26. The van der Waals surface area contributed by atoms with Crippen LogP contribution in [0.25, 0.3) is 0 Å². The third kappa shape index (κ3) is 3.77. The van der Waals surface area contributed by atoms with Crippen LogP contribution in [0.1, 0.15) is 24.8 Å². The van der Waals surface area contributed by atoms with Crippen molar-refractivity contribution >= 4 is 0 Å². The Labute approximate surface area is 107 Å². The van der Waals surface area contributed by atoms with Gasteiger partial charge in [-0.05, 0) is 30.5 Å². The monoisotopic (exact) mass is 256 g/mol. The first-order chi connectivity index (χ1) is 8.68. The quantitative estimate of drug-likeness (QED) is 0.698. The maximum absolute atomic E-state index is 13.2. The lowest BCUT2D eigenvalue weighted by Crippen LogP contribution is -2.35. The van der Waals surface area contributed by atoms with Crippen LogP contribution in [0.2, 0.25) is 0 Å². The summed E-state index contributed by atoms with van der Waals surface area (Å²) in [5.41, 5.74) is -0.125. The molecule has 1 aromatic carbocycles. The van der Waals surface area contributed by atoms with E-state index in [-0.39, 0.29) is 19.0 Å². The molecule has 0 fully saturated rings. The molecule has 0 atom stereocenters. The van der Waals surface area contributed by atoms with E-state index in [9.17, 15) is 14.6 Å². The van der Waals surface area contributed by atoms with Gasteiger partial charge in [-0.25, -0.2) is 4.39 Å². The molecule has 0 unspecified atom stereocenters. The van der Waals surface area contributed by atoms with Crippen LogP contribution in [0, 0.1) is 5.82 Å². The maximum atomic E-state index is 13.2. The zero-order valence-electron chi connectivity index (χ0n) is 10.7. The summed E-state index contributed by atoms with van der Waals surface area (Å²) in [7, 11) is 1.64. The molecule has 0 amide bonds. The molecule has 0 aromatic heterocycles. The first-order valence-electron chi connectivity index (χ1n) is 6.15. The molecular formula is C14H21FO3. The van der Waals surface area contributed by atoms with Gasteiger partial charge in [-0.3, -0.25) is 0 Å². The van der Waals surface area contributed by atoms with Crippen LogP contribution < -0.4 is 0 Å². The topological polar surface area (TPSA) is 49.7 Å². The molecule has 0 heterocycles. The zero-order chi connectivity index (χ0) is 13.4. The van der Waals surface area contributed by atoms with Crippen molar-refractivity contribution in [1.82, 2.24) is 0 Å². The SMILES string of the molecule is COCCCCC(CO)(CO)c1cccc(F)c1. The molecule has 0 aliphatic heterocycles. The summed E-state index contributed by atoms with van der Waals surface area (Å²) in [4.78, 5) is 0. The molecule has 2 N–H and O–H groups in total. The Kier molecular flexibility index (Phi) is 6.25. The van der Waals surface area contributed by atoms with Gasteiger partial charge < -0.3 is 14.9 Å². The fourth-order valence-corrected chi connectivity index (χ4v) is 2.06. The van der Waals surface area contributed by atoms with Crippen molar-refractivity contribution in [2.75, 3.05) is 26.9 Å². The predicted octanol–water partition coefficient (Wildman–Crippen LogP) is 1.86.